The number of hydrogen-bond donors (Lipinski definition) is 0. The largest absolute Gasteiger partial charge is 0.172 e. The molecule has 0 aliphatic carbocycles. The Morgan fingerprint density at radius 2 is 1.91 bits per heavy atom. The summed E-state index contributed by atoms with van der Waals surface area (Å²) in [6.45, 7) is 1.80. The normalized spacial score (nSPS) is 20.3. The third kappa shape index (κ3) is 1.000. The first-order valence-electron chi connectivity index (χ1n) is 3.26. The molecule has 0 saturated heterocycles. The van der Waals surface area contributed by atoms with E-state index in [2.05, 4.69) is 15.4 Å². The van der Waals surface area contributed by atoms with Crippen molar-refractivity contribution in [3.05, 3.63) is 24.6 Å². The quantitative estimate of drug-likeness (QED) is 0.520. The number of hydrazine groups is 1. The van der Waals surface area contributed by atoms with Gasteiger partial charge in [-0.1, -0.05) is 0 Å². The minimum Gasteiger partial charge on any atom is -0.156 e. The summed E-state index contributed by atoms with van der Waals surface area (Å²) in [5, 5.41) is 14.9. The average molecular weight is 149 g/mol. The highest BCUT2D eigenvalue weighted by Crippen LogP contribution is 2.12. The van der Waals surface area contributed by atoms with Crippen molar-refractivity contribution < 1.29 is 0 Å². The van der Waals surface area contributed by atoms with Gasteiger partial charge < -0.3 is 0 Å². The Morgan fingerprint density at radius 3 is 2.73 bits per heavy atom. The molecular weight excluding hydrogens is 142 g/mol. The van der Waals surface area contributed by atoms with Crippen LogP contribution in [0.15, 0.2) is 40.0 Å². The van der Waals surface area contributed by atoms with Crippen LogP contribution in [0, 0.1) is 0 Å². The lowest BCUT2D eigenvalue weighted by atomic mass is 10.5. The van der Waals surface area contributed by atoms with Crippen LogP contribution in [-0.4, -0.2) is 16.1 Å². The molecule has 0 amide bonds. The molecule has 2 aliphatic rings. The molecule has 56 valence electrons. The van der Waals surface area contributed by atoms with E-state index in [0.717, 1.165) is 0 Å². The number of hydrogen-bond acceptors (Lipinski definition) is 5. The van der Waals surface area contributed by atoms with E-state index in [9.17, 15) is 0 Å². The van der Waals surface area contributed by atoms with E-state index in [4.69, 9.17) is 0 Å². The molecule has 2 heterocycles. The fourth-order valence-corrected chi connectivity index (χ4v) is 0.819. The summed E-state index contributed by atoms with van der Waals surface area (Å²) in [6, 6.07) is 0. The van der Waals surface area contributed by atoms with Gasteiger partial charge in [0.2, 0.25) is 0 Å². The summed E-state index contributed by atoms with van der Waals surface area (Å²) in [4.78, 5) is 0. The minimum absolute atomic E-state index is 0.654. The van der Waals surface area contributed by atoms with Crippen molar-refractivity contribution in [2.24, 2.45) is 15.4 Å². The van der Waals surface area contributed by atoms with Crippen molar-refractivity contribution in [2.45, 2.75) is 6.92 Å². The topological polar surface area (TPSA) is 43.6 Å². The third-order valence-electron chi connectivity index (χ3n) is 1.29. The molecule has 0 spiro atoms. The molecule has 2 aliphatic heterocycles. The summed E-state index contributed by atoms with van der Waals surface area (Å²) in [6.07, 6.45) is 7.33. The number of rotatable bonds is 0. The predicted molar refractivity (Wildman–Crippen MR) is 39.9 cm³/mol. The van der Waals surface area contributed by atoms with E-state index in [1.165, 1.54) is 0 Å². The molecule has 0 aromatic rings. The van der Waals surface area contributed by atoms with Crippen molar-refractivity contribution in [3.63, 3.8) is 0 Å². The summed E-state index contributed by atoms with van der Waals surface area (Å²) < 4.78 is 0. The highest BCUT2D eigenvalue weighted by atomic mass is 15.9. The predicted octanol–water partition coefficient (Wildman–Crippen LogP) is 1.26. The molecule has 0 atom stereocenters. The van der Waals surface area contributed by atoms with Gasteiger partial charge >= 0.3 is 0 Å². The fourth-order valence-electron chi connectivity index (χ4n) is 0.819. The lowest BCUT2D eigenvalue weighted by Crippen LogP contribution is -2.30. The van der Waals surface area contributed by atoms with E-state index in [0.29, 0.717) is 5.84 Å². The molecular formula is C6H7N5. The van der Waals surface area contributed by atoms with E-state index in [-0.39, 0.29) is 0 Å². The Hall–Kier alpha value is -1.65. The van der Waals surface area contributed by atoms with Gasteiger partial charge in [0.25, 0.3) is 0 Å². The standard InChI is InChI=1S/C6H7N5/c1-6-7-9-11-5-3-2-4-10(11)8-6/h2-5H,1H3. The van der Waals surface area contributed by atoms with Crippen LogP contribution >= 0.6 is 0 Å². The maximum atomic E-state index is 4.08. The minimum atomic E-state index is 0.654. The summed E-state index contributed by atoms with van der Waals surface area (Å²) >= 11 is 0. The second kappa shape index (κ2) is 2.19. The Bertz CT molecular complexity index is 275. The van der Waals surface area contributed by atoms with Gasteiger partial charge in [0.15, 0.2) is 5.84 Å². The van der Waals surface area contributed by atoms with Crippen LogP contribution in [0.1, 0.15) is 6.92 Å². The van der Waals surface area contributed by atoms with E-state index in [1.54, 1.807) is 23.4 Å². The van der Waals surface area contributed by atoms with Crippen molar-refractivity contribution in [1.82, 2.24) is 10.2 Å². The number of allylic oxidation sites excluding steroid dienone is 2. The van der Waals surface area contributed by atoms with Gasteiger partial charge in [-0.15, -0.1) is 15.3 Å². The van der Waals surface area contributed by atoms with Crippen LogP contribution in [0.4, 0.5) is 0 Å². The molecule has 5 nitrogen and oxygen atoms in total. The van der Waals surface area contributed by atoms with Gasteiger partial charge in [-0.25, -0.2) is 0 Å². The molecule has 0 fully saturated rings. The third-order valence-corrected chi connectivity index (χ3v) is 1.29. The average Bonchev–Trinajstić information content (AvgIpc) is 2.04. The lowest BCUT2D eigenvalue weighted by Gasteiger charge is -2.26. The van der Waals surface area contributed by atoms with Crippen molar-refractivity contribution in [1.29, 1.82) is 0 Å². The zero-order chi connectivity index (χ0) is 7.68. The van der Waals surface area contributed by atoms with Crippen molar-refractivity contribution in [2.75, 3.05) is 0 Å². The molecule has 0 unspecified atom stereocenters. The Kier molecular flexibility index (Phi) is 1.21. The zero-order valence-corrected chi connectivity index (χ0v) is 6.05. The highest BCUT2D eigenvalue weighted by molar-refractivity contribution is 5.79. The molecule has 0 saturated carbocycles. The van der Waals surface area contributed by atoms with Crippen LogP contribution in [0.5, 0.6) is 0 Å². The SMILES string of the molecule is CC1=NN2C=CC=CN2N=N1. The lowest BCUT2D eigenvalue weighted by molar-refractivity contribution is 0.0636. The number of fused-ring (bicyclic) bond motifs is 1. The van der Waals surface area contributed by atoms with E-state index < -0.39 is 0 Å². The van der Waals surface area contributed by atoms with Gasteiger partial charge in [-0.3, -0.25) is 0 Å². The Balaban J connectivity index is 2.29. The van der Waals surface area contributed by atoms with Crippen molar-refractivity contribution >= 4 is 5.84 Å². The van der Waals surface area contributed by atoms with Crippen LogP contribution < -0.4 is 0 Å². The summed E-state index contributed by atoms with van der Waals surface area (Å²) in [5.41, 5.74) is 0. The van der Waals surface area contributed by atoms with Crippen LogP contribution in [0.25, 0.3) is 0 Å². The second-order valence-electron chi connectivity index (χ2n) is 2.16. The first-order valence-corrected chi connectivity index (χ1v) is 3.26. The molecule has 2 rings (SSSR count). The number of hydrazone groups is 1. The fraction of sp³-hybridized carbons (Fsp3) is 0.167. The maximum absolute atomic E-state index is 4.08. The highest BCUT2D eigenvalue weighted by Gasteiger charge is 2.11. The summed E-state index contributed by atoms with van der Waals surface area (Å²) in [7, 11) is 0. The monoisotopic (exact) mass is 149 g/mol. The van der Waals surface area contributed by atoms with Crippen LogP contribution in [0.3, 0.4) is 0 Å². The van der Waals surface area contributed by atoms with E-state index >= 15 is 0 Å². The molecule has 0 bridgehead atoms. The first-order chi connectivity index (χ1) is 5.36. The molecule has 0 aromatic heterocycles. The van der Waals surface area contributed by atoms with Gasteiger partial charge in [0.05, 0.1) is 6.20 Å². The maximum Gasteiger partial charge on any atom is 0.172 e. The van der Waals surface area contributed by atoms with Gasteiger partial charge in [-0.2, -0.15) is 5.12 Å². The molecule has 5 heteroatoms. The molecule has 0 radical (unpaired) electrons. The Labute approximate surface area is 63.9 Å². The van der Waals surface area contributed by atoms with Crippen LogP contribution in [-0.2, 0) is 0 Å². The molecule has 0 N–H and O–H groups in total. The van der Waals surface area contributed by atoms with E-state index in [1.807, 2.05) is 18.4 Å². The Morgan fingerprint density at radius 1 is 1.18 bits per heavy atom. The van der Waals surface area contributed by atoms with Crippen LogP contribution in [0.2, 0.25) is 0 Å². The smallest absolute Gasteiger partial charge is 0.156 e. The molecule has 0 aromatic carbocycles. The zero-order valence-electron chi connectivity index (χ0n) is 6.05. The first kappa shape index (κ1) is 6.09. The second-order valence-corrected chi connectivity index (χ2v) is 2.16. The van der Waals surface area contributed by atoms with Gasteiger partial charge in [0.1, 0.15) is 0 Å². The van der Waals surface area contributed by atoms with Crippen molar-refractivity contribution in [3.8, 4) is 0 Å². The van der Waals surface area contributed by atoms with Gasteiger partial charge in [0, 0.05) is 6.20 Å². The summed E-state index contributed by atoms with van der Waals surface area (Å²) in [5.74, 6) is 0.654. The molecule has 11 heavy (non-hydrogen) atoms. The number of amidine groups is 1. The number of nitrogens with zero attached hydrogens (tertiary/aromatic N) is 5. The van der Waals surface area contributed by atoms with Gasteiger partial charge in [-0.05, 0) is 24.3 Å².